The van der Waals surface area contributed by atoms with E-state index in [0.29, 0.717) is 10.6 Å². The molecule has 0 aliphatic rings. The number of nitrogens with one attached hydrogen (secondary N) is 1. The maximum Gasteiger partial charge on any atom is 0.129 e. The highest BCUT2D eigenvalue weighted by molar-refractivity contribution is 6.31. The molecule has 2 aromatic rings. The van der Waals surface area contributed by atoms with Crippen molar-refractivity contribution in [3.05, 3.63) is 69.5 Å². The molecule has 0 bridgehead atoms. The van der Waals surface area contributed by atoms with Gasteiger partial charge in [-0.2, -0.15) is 0 Å². The molecular formula is C15H16ClFN2. The maximum absolute atomic E-state index is 14.0. The van der Waals surface area contributed by atoms with Crippen molar-refractivity contribution in [3.8, 4) is 0 Å². The van der Waals surface area contributed by atoms with Crippen molar-refractivity contribution in [1.82, 2.24) is 5.43 Å². The van der Waals surface area contributed by atoms with Crippen molar-refractivity contribution in [2.75, 3.05) is 0 Å². The van der Waals surface area contributed by atoms with E-state index in [1.165, 1.54) is 6.07 Å². The first-order chi connectivity index (χ1) is 9.04. The van der Waals surface area contributed by atoms with E-state index >= 15 is 0 Å². The Labute approximate surface area is 117 Å². The van der Waals surface area contributed by atoms with Crippen molar-refractivity contribution in [2.45, 2.75) is 19.9 Å². The molecule has 0 saturated heterocycles. The highest BCUT2D eigenvalue weighted by Crippen LogP contribution is 2.32. The fourth-order valence-electron chi connectivity index (χ4n) is 2.19. The monoisotopic (exact) mass is 278 g/mol. The Morgan fingerprint density at radius 2 is 1.95 bits per heavy atom. The molecule has 0 radical (unpaired) electrons. The van der Waals surface area contributed by atoms with Crippen LogP contribution in [0.1, 0.15) is 28.3 Å². The van der Waals surface area contributed by atoms with Crippen LogP contribution in [0, 0.1) is 19.7 Å². The standard InChI is InChI=1S/C15H16ClFN2/c1-9-6-7-10(2)11(8-9)15(19-18)14-12(16)4-3-5-13(14)17/h3-8,15,19H,18H2,1-2H3. The molecule has 2 aromatic carbocycles. The summed E-state index contributed by atoms with van der Waals surface area (Å²) in [5.41, 5.74) is 6.09. The van der Waals surface area contributed by atoms with E-state index in [1.807, 2.05) is 32.0 Å². The number of benzene rings is 2. The summed E-state index contributed by atoms with van der Waals surface area (Å²) < 4.78 is 14.0. The predicted molar refractivity (Wildman–Crippen MR) is 76.5 cm³/mol. The zero-order valence-electron chi connectivity index (χ0n) is 10.9. The van der Waals surface area contributed by atoms with E-state index in [0.717, 1.165) is 16.7 Å². The fraction of sp³-hybridized carbons (Fsp3) is 0.200. The Balaban J connectivity index is 2.59. The zero-order valence-corrected chi connectivity index (χ0v) is 11.6. The second-order valence-electron chi connectivity index (χ2n) is 4.60. The summed E-state index contributed by atoms with van der Waals surface area (Å²) in [5.74, 6) is 5.25. The van der Waals surface area contributed by atoms with Gasteiger partial charge in [0.15, 0.2) is 0 Å². The van der Waals surface area contributed by atoms with Gasteiger partial charge >= 0.3 is 0 Å². The van der Waals surface area contributed by atoms with Crippen molar-refractivity contribution in [1.29, 1.82) is 0 Å². The van der Waals surface area contributed by atoms with Gasteiger partial charge in [0.1, 0.15) is 5.82 Å². The molecule has 0 heterocycles. The number of aryl methyl sites for hydroxylation is 2. The van der Waals surface area contributed by atoms with E-state index in [9.17, 15) is 4.39 Å². The van der Waals surface area contributed by atoms with Gasteiger partial charge in [-0.3, -0.25) is 5.84 Å². The molecular weight excluding hydrogens is 263 g/mol. The quantitative estimate of drug-likeness (QED) is 0.664. The molecule has 2 nitrogen and oxygen atoms in total. The van der Waals surface area contributed by atoms with E-state index in [-0.39, 0.29) is 5.82 Å². The van der Waals surface area contributed by atoms with Crippen LogP contribution in [0.5, 0.6) is 0 Å². The third-order valence-corrected chi connectivity index (χ3v) is 3.53. The Hall–Kier alpha value is -1.42. The van der Waals surface area contributed by atoms with Crippen LogP contribution in [0.4, 0.5) is 4.39 Å². The lowest BCUT2D eigenvalue weighted by molar-refractivity contribution is 0.559. The summed E-state index contributed by atoms with van der Waals surface area (Å²) in [6.45, 7) is 3.95. The molecule has 100 valence electrons. The smallest absolute Gasteiger partial charge is 0.129 e. The lowest BCUT2D eigenvalue weighted by atomic mass is 9.93. The van der Waals surface area contributed by atoms with Gasteiger partial charge in [-0.25, -0.2) is 9.82 Å². The molecule has 0 saturated carbocycles. The van der Waals surface area contributed by atoms with Gasteiger partial charge in [0, 0.05) is 10.6 Å². The van der Waals surface area contributed by atoms with Gasteiger partial charge in [0.2, 0.25) is 0 Å². The average Bonchev–Trinajstić information content (AvgIpc) is 2.37. The summed E-state index contributed by atoms with van der Waals surface area (Å²) in [7, 11) is 0. The third kappa shape index (κ3) is 2.78. The molecule has 4 heteroatoms. The Kier molecular flexibility index (Phi) is 4.20. The van der Waals surface area contributed by atoms with Crippen LogP contribution in [0.25, 0.3) is 0 Å². The second kappa shape index (κ2) is 5.70. The van der Waals surface area contributed by atoms with E-state index in [1.54, 1.807) is 12.1 Å². The largest absolute Gasteiger partial charge is 0.271 e. The van der Waals surface area contributed by atoms with Gasteiger partial charge in [-0.1, -0.05) is 41.4 Å². The fourth-order valence-corrected chi connectivity index (χ4v) is 2.46. The minimum atomic E-state index is -0.464. The van der Waals surface area contributed by atoms with Gasteiger partial charge < -0.3 is 0 Å². The minimum Gasteiger partial charge on any atom is -0.271 e. The lowest BCUT2D eigenvalue weighted by Gasteiger charge is -2.21. The molecule has 0 amide bonds. The summed E-state index contributed by atoms with van der Waals surface area (Å²) in [5, 5.41) is 0.365. The first kappa shape index (κ1) is 14.0. The van der Waals surface area contributed by atoms with Crippen molar-refractivity contribution in [2.24, 2.45) is 5.84 Å². The number of nitrogens with two attached hydrogens (primary N) is 1. The van der Waals surface area contributed by atoms with Crippen LogP contribution in [0.2, 0.25) is 5.02 Å². The topological polar surface area (TPSA) is 38.0 Å². The number of halogens is 2. The van der Waals surface area contributed by atoms with Crippen molar-refractivity contribution >= 4 is 11.6 Å². The Bertz CT molecular complexity index is 578. The first-order valence-corrected chi connectivity index (χ1v) is 6.39. The van der Waals surface area contributed by atoms with Gasteiger partial charge in [0.05, 0.1) is 6.04 Å². The zero-order chi connectivity index (χ0) is 14.0. The molecule has 3 N–H and O–H groups in total. The lowest BCUT2D eigenvalue weighted by Crippen LogP contribution is -2.30. The predicted octanol–water partition coefficient (Wildman–Crippen LogP) is 3.65. The highest BCUT2D eigenvalue weighted by atomic mass is 35.5. The summed E-state index contributed by atoms with van der Waals surface area (Å²) in [6, 6.07) is 10.2. The number of hydrazine groups is 1. The number of hydrogen-bond donors (Lipinski definition) is 2. The highest BCUT2D eigenvalue weighted by Gasteiger charge is 2.21. The van der Waals surface area contributed by atoms with Crippen LogP contribution >= 0.6 is 11.6 Å². The average molecular weight is 279 g/mol. The van der Waals surface area contributed by atoms with Crippen LogP contribution in [0.3, 0.4) is 0 Å². The van der Waals surface area contributed by atoms with Crippen LogP contribution in [-0.4, -0.2) is 0 Å². The van der Waals surface area contributed by atoms with Gasteiger partial charge in [-0.05, 0) is 37.1 Å². The van der Waals surface area contributed by atoms with E-state index in [4.69, 9.17) is 17.4 Å². The molecule has 0 aliphatic heterocycles. The van der Waals surface area contributed by atoms with Gasteiger partial charge in [0.25, 0.3) is 0 Å². The number of rotatable bonds is 3. The molecule has 0 fully saturated rings. The van der Waals surface area contributed by atoms with Crippen LogP contribution in [-0.2, 0) is 0 Å². The molecule has 0 aromatic heterocycles. The second-order valence-corrected chi connectivity index (χ2v) is 5.00. The SMILES string of the molecule is Cc1ccc(C)c(C(NN)c2c(F)cccc2Cl)c1. The van der Waals surface area contributed by atoms with E-state index < -0.39 is 6.04 Å². The maximum atomic E-state index is 14.0. The third-order valence-electron chi connectivity index (χ3n) is 3.20. The first-order valence-electron chi connectivity index (χ1n) is 6.01. The normalized spacial score (nSPS) is 12.5. The summed E-state index contributed by atoms with van der Waals surface area (Å²) in [4.78, 5) is 0. The molecule has 0 spiro atoms. The minimum absolute atomic E-state index is 0.364. The number of hydrogen-bond acceptors (Lipinski definition) is 2. The Morgan fingerprint density at radius 3 is 2.58 bits per heavy atom. The van der Waals surface area contributed by atoms with Crippen LogP contribution in [0.15, 0.2) is 36.4 Å². The van der Waals surface area contributed by atoms with E-state index in [2.05, 4.69) is 5.43 Å². The molecule has 0 aliphatic carbocycles. The molecule has 1 atom stereocenters. The van der Waals surface area contributed by atoms with Gasteiger partial charge in [-0.15, -0.1) is 0 Å². The van der Waals surface area contributed by atoms with Crippen molar-refractivity contribution in [3.63, 3.8) is 0 Å². The summed E-state index contributed by atoms with van der Waals surface area (Å²) >= 11 is 6.11. The van der Waals surface area contributed by atoms with Crippen molar-refractivity contribution < 1.29 is 4.39 Å². The Morgan fingerprint density at radius 1 is 1.21 bits per heavy atom. The molecule has 2 rings (SSSR count). The molecule has 1 unspecified atom stereocenters. The van der Waals surface area contributed by atoms with Crippen LogP contribution < -0.4 is 11.3 Å². The molecule has 19 heavy (non-hydrogen) atoms. The summed E-state index contributed by atoms with van der Waals surface area (Å²) in [6.07, 6.45) is 0.